The van der Waals surface area contributed by atoms with E-state index in [0.717, 1.165) is 0 Å². The number of carbonyl (C=O) groups is 2. The first-order valence-electron chi connectivity index (χ1n) is 7.11. The molecule has 5 N–H and O–H groups in total. The summed E-state index contributed by atoms with van der Waals surface area (Å²) in [4.78, 5) is 25.9. The van der Waals surface area contributed by atoms with Crippen molar-refractivity contribution >= 4 is 17.7 Å². The number of nitrogens with zero attached hydrogens (tertiary/aromatic N) is 1. The molecule has 130 valence electrons. The minimum Gasteiger partial charge on any atom is -0.493 e. The summed E-state index contributed by atoms with van der Waals surface area (Å²) >= 11 is 0. The summed E-state index contributed by atoms with van der Waals surface area (Å²) in [6, 6.07) is -1.26. The van der Waals surface area contributed by atoms with Gasteiger partial charge in [0.1, 0.15) is 6.54 Å². The van der Waals surface area contributed by atoms with Gasteiger partial charge in [-0.25, -0.2) is 4.79 Å². The van der Waals surface area contributed by atoms with Crippen molar-refractivity contribution in [3.8, 4) is 0 Å². The van der Waals surface area contributed by atoms with Crippen molar-refractivity contribution in [3.05, 3.63) is 11.5 Å². The van der Waals surface area contributed by atoms with Crippen LogP contribution in [0.3, 0.4) is 0 Å². The SMILES string of the molecule is COC1=C(NC(C(=O)O)C(C)O)C[C@H](CO)CC1=NCC(=O)O. The topological polar surface area (TPSA) is 149 Å². The number of carboxylic acids is 2. The van der Waals surface area contributed by atoms with Crippen LogP contribution in [0.5, 0.6) is 0 Å². The van der Waals surface area contributed by atoms with Gasteiger partial charge in [0.2, 0.25) is 0 Å². The zero-order chi connectivity index (χ0) is 17.6. The zero-order valence-electron chi connectivity index (χ0n) is 13.0. The fourth-order valence-corrected chi connectivity index (χ4v) is 2.36. The van der Waals surface area contributed by atoms with E-state index in [9.17, 15) is 19.8 Å². The maximum atomic E-state index is 11.2. The highest BCUT2D eigenvalue weighted by Crippen LogP contribution is 2.27. The highest BCUT2D eigenvalue weighted by Gasteiger charge is 2.31. The van der Waals surface area contributed by atoms with Crippen molar-refractivity contribution in [2.75, 3.05) is 20.3 Å². The summed E-state index contributed by atoms with van der Waals surface area (Å²) in [6.45, 7) is 0.720. The van der Waals surface area contributed by atoms with Crippen LogP contribution in [0.4, 0.5) is 0 Å². The van der Waals surface area contributed by atoms with Gasteiger partial charge in [-0.3, -0.25) is 9.79 Å². The molecule has 1 rings (SSSR count). The van der Waals surface area contributed by atoms with E-state index in [1.54, 1.807) is 0 Å². The number of aliphatic hydroxyl groups is 2. The van der Waals surface area contributed by atoms with Crippen LogP contribution in [-0.2, 0) is 14.3 Å². The van der Waals surface area contributed by atoms with Gasteiger partial charge >= 0.3 is 11.9 Å². The van der Waals surface area contributed by atoms with E-state index in [4.69, 9.17) is 14.9 Å². The lowest BCUT2D eigenvalue weighted by Crippen LogP contribution is -2.46. The number of aliphatic carboxylic acids is 2. The number of aliphatic imine (C=N–C) groups is 1. The second-order valence-corrected chi connectivity index (χ2v) is 5.33. The number of ether oxygens (including phenoxy) is 1. The third-order valence-electron chi connectivity index (χ3n) is 3.46. The van der Waals surface area contributed by atoms with E-state index in [-0.39, 0.29) is 18.3 Å². The molecule has 9 nitrogen and oxygen atoms in total. The van der Waals surface area contributed by atoms with Crippen molar-refractivity contribution in [2.24, 2.45) is 10.9 Å². The average Bonchev–Trinajstić information content (AvgIpc) is 2.48. The molecule has 0 heterocycles. The van der Waals surface area contributed by atoms with Crippen LogP contribution in [0, 0.1) is 5.92 Å². The predicted octanol–water partition coefficient (Wildman–Crippen LogP) is -0.804. The first kappa shape index (κ1) is 18.9. The molecule has 0 radical (unpaired) electrons. The van der Waals surface area contributed by atoms with Gasteiger partial charge in [0.25, 0.3) is 0 Å². The van der Waals surface area contributed by atoms with E-state index in [1.165, 1.54) is 14.0 Å². The molecule has 0 spiro atoms. The van der Waals surface area contributed by atoms with Crippen LogP contribution in [0.2, 0.25) is 0 Å². The number of hydrogen-bond acceptors (Lipinski definition) is 7. The van der Waals surface area contributed by atoms with Gasteiger partial charge < -0.3 is 30.5 Å². The molecule has 0 amide bonds. The van der Waals surface area contributed by atoms with E-state index in [1.807, 2.05) is 0 Å². The van der Waals surface area contributed by atoms with Crippen LogP contribution < -0.4 is 5.32 Å². The Bertz CT molecular complexity index is 513. The number of aliphatic hydroxyl groups excluding tert-OH is 2. The molecular formula is C14H22N2O7. The van der Waals surface area contributed by atoms with Gasteiger partial charge in [-0.05, 0) is 25.7 Å². The Morgan fingerprint density at radius 1 is 1.39 bits per heavy atom. The third kappa shape index (κ3) is 5.22. The number of methoxy groups -OCH3 is 1. The summed E-state index contributed by atoms with van der Waals surface area (Å²) in [5.74, 6) is -2.34. The normalized spacial score (nSPS) is 22.6. The van der Waals surface area contributed by atoms with Gasteiger partial charge in [-0.1, -0.05) is 0 Å². The molecule has 0 aromatic heterocycles. The van der Waals surface area contributed by atoms with Crippen LogP contribution in [0.25, 0.3) is 0 Å². The molecule has 0 aromatic carbocycles. The minimum absolute atomic E-state index is 0.166. The molecular weight excluding hydrogens is 308 g/mol. The second kappa shape index (κ2) is 8.49. The fraction of sp³-hybridized carbons (Fsp3) is 0.643. The van der Waals surface area contributed by atoms with Crippen molar-refractivity contribution in [2.45, 2.75) is 31.9 Å². The molecule has 2 unspecified atom stereocenters. The molecule has 1 aliphatic carbocycles. The zero-order valence-corrected chi connectivity index (χ0v) is 13.0. The number of hydrogen-bond donors (Lipinski definition) is 5. The monoisotopic (exact) mass is 330 g/mol. The molecule has 23 heavy (non-hydrogen) atoms. The summed E-state index contributed by atoms with van der Waals surface area (Å²) < 4.78 is 5.24. The Labute approximate surface area is 133 Å². The van der Waals surface area contributed by atoms with E-state index < -0.39 is 30.6 Å². The smallest absolute Gasteiger partial charge is 0.328 e. The van der Waals surface area contributed by atoms with Gasteiger partial charge in [0.15, 0.2) is 11.8 Å². The Kier molecular flexibility index (Phi) is 6.98. The first-order chi connectivity index (χ1) is 10.8. The molecule has 0 aliphatic heterocycles. The Morgan fingerprint density at radius 3 is 2.48 bits per heavy atom. The fourth-order valence-electron chi connectivity index (χ4n) is 2.36. The maximum Gasteiger partial charge on any atom is 0.328 e. The number of allylic oxidation sites excluding steroid dienone is 2. The molecule has 1 aliphatic rings. The lowest BCUT2D eigenvalue weighted by molar-refractivity contribution is -0.142. The Balaban J connectivity index is 3.17. The van der Waals surface area contributed by atoms with Crippen LogP contribution >= 0.6 is 0 Å². The van der Waals surface area contributed by atoms with Gasteiger partial charge in [-0.15, -0.1) is 0 Å². The third-order valence-corrected chi connectivity index (χ3v) is 3.46. The van der Waals surface area contributed by atoms with Gasteiger partial charge in [-0.2, -0.15) is 0 Å². The van der Waals surface area contributed by atoms with Crippen molar-refractivity contribution in [3.63, 3.8) is 0 Å². The Hall–Kier alpha value is -2.13. The summed E-state index contributed by atoms with van der Waals surface area (Å²) in [5, 5.41) is 39.6. The summed E-state index contributed by atoms with van der Waals surface area (Å²) in [5.41, 5.74) is 0.715. The lowest BCUT2D eigenvalue weighted by atomic mass is 9.89. The van der Waals surface area contributed by atoms with Crippen molar-refractivity contribution < 1.29 is 34.8 Å². The number of nitrogens with one attached hydrogen (secondary N) is 1. The average molecular weight is 330 g/mol. The Morgan fingerprint density at radius 2 is 2.04 bits per heavy atom. The van der Waals surface area contributed by atoms with Crippen LogP contribution in [0.15, 0.2) is 16.4 Å². The van der Waals surface area contributed by atoms with E-state index in [2.05, 4.69) is 10.3 Å². The van der Waals surface area contributed by atoms with Gasteiger partial charge in [0, 0.05) is 6.61 Å². The molecule has 0 fully saturated rings. The number of carboxylic acid groups (broad SMARTS) is 2. The number of rotatable bonds is 8. The second-order valence-electron chi connectivity index (χ2n) is 5.33. The molecule has 9 heteroatoms. The first-order valence-corrected chi connectivity index (χ1v) is 7.11. The van der Waals surface area contributed by atoms with E-state index >= 15 is 0 Å². The standard InChI is InChI=1S/C14H22N2O7/c1-7(18)12(14(21)22)16-10-4-8(6-17)3-9(13(10)23-2)15-5-11(19)20/h7-8,12,16-18H,3-6H2,1-2H3,(H,19,20)(H,21,22)/t7?,8-,12?/m1/s1. The van der Waals surface area contributed by atoms with E-state index in [0.29, 0.717) is 24.3 Å². The quantitative estimate of drug-likeness (QED) is 0.388. The summed E-state index contributed by atoms with van der Waals surface area (Å²) in [7, 11) is 1.37. The predicted molar refractivity (Wildman–Crippen MR) is 80.0 cm³/mol. The molecule has 3 atom stereocenters. The largest absolute Gasteiger partial charge is 0.493 e. The van der Waals surface area contributed by atoms with Crippen LogP contribution in [0.1, 0.15) is 19.8 Å². The maximum absolute atomic E-state index is 11.2. The van der Waals surface area contributed by atoms with Crippen molar-refractivity contribution in [1.82, 2.24) is 5.32 Å². The molecule has 0 saturated heterocycles. The molecule has 0 saturated carbocycles. The molecule has 0 aromatic rings. The molecule has 0 bridgehead atoms. The van der Waals surface area contributed by atoms with Crippen molar-refractivity contribution in [1.29, 1.82) is 0 Å². The lowest BCUT2D eigenvalue weighted by Gasteiger charge is -2.29. The minimum atomic E-state index is -1.26. The van der Waals surface area contributed by atoms with Crippen LogP contribution in [-0.4, -0.2) is 70.5 Å². The highest BCUT2D eigenvalue weighted by molar-refractivity contribution is 6.00. The highest BCUT2D eigenvalue weighted by atomic mass is 16.5. The summed E-state index contributed by atoms with van der Waals surface area (Å²) in [6.07, 6.45) is -0.528. The van der Waals surface area contributed by atoms with Gasteiger partial charge in [0.05, 0.1) is 24.6 Å².